The number of fused-ring (bicyclic) bond motifs is 1. The zero-order chi connectivity index (χ0) is 26.0. The molecular formula is C27H30F3N3O4. The van der Waals surface area contributed by atoms with E-state index in [1.807, 2.05) is 18.2 Å². The summed E-state index contributed by atoms with van der Waals surface area (Å²) in [4.78, 5) is 14.7. The number of benzene rings is 2. The quantitative estimate of drug-likeness (QED) is 0.548. The first kappa shape index (κ1) is 25.3. The predicted molar refractivity (Wildman–Crippen MR) is 131 cm³/mol. The monoisotopic (exact) mass is 517 g/mol. The number of hydrogen-bond donors (Lipinski definition) is 2. The lowest BCUT2D eigenvalue weighted by Crippen LogP contribution is -2.63. The lowest BCUT2D eigenvalue weighted by molar-refractivity contribution is -0.137. The fraction of sp³-hybridized carbons (Fsp3) is 0.444. The van der Waals surface area contributed by atoms with Crippen LogP contribution in [0.3, 0.4) is 0 Å². The van der Waals surface area contributed by atoms with Crippen LogP contribution in [-0.4, -0.2) is 55.4 Å². The Hall–Kier alpha value is -3.40. The van der Waals surface area contributed by atoms with Crippen LogP contribution in [-0.2, 0) is 11.0 Å². The Morgan fingerprint density at radius 1 is 1.05 bits per heavy atom. The number of carbonyl (C=O) groups is 1. The zero-order valence-electron chi connectivity index (χ0n) is 20.4. The van der Waals surface area contributed by atoms with Crippen molar-refractivity contribution in [1.82, 2.24) is 15.5 Å². The first-order valence-corrected chi connectivity index (χ1v) is 12.4. The number of halogens is 3. The molecule has 37 heavy (non-hydrogen) atoms. The van der Waals surface area contributed by atoms with Crippen molar-refractivity contribution in [3.63, 3.8) is 0 Å². The second-order valence-corrected chi connectivity index (χ2v) is 9.69. The van der Waals surface area contributed by atoms with E-state index in [9.17, 15) is 18.0 Å². The van der Waals surface area contributed by atoms with Crippen molar-refractivity contribution in [2.24, 2.45) is 0 Å². The number of nitrogens with one attached hydrogen (secondary N) is 2. The molecule has 3 aliphatic rings. The van der Waals surface area contributed by atoms with Crippen molar-refractivity contribution < 1.29 is 32.2 Å². The maximum Gasteiger partial charge on any atom is 0.416 e. The number of hydrogen-bond acceptors (Lipinski definition) is 6. The van der Waals surface area contributed by atoms with E-state index in [1.54, 1.807) is 0 Å². The predicted octanol–water partition coefficient (Wildman–Crippen LogP) is 4.19. The summed E-state index contributed by atoms with van der Waals surface area (Å²) in [7, 11) is 0. The first-order valence-electron chi connectivity index (χ1n) is 12.4. The van der Waals surface area contributed by atoms with E-state index in [0.717, 1.165) is 68.2 Å². The average molecular weight is 518 g/mol. The molecule has 2 aromatic carbocycles. The number of amides is 1. The topological polar surface area (TPSA) is 72.1 Å². The van der Waals surface area contributed by atoms with Crippen LogP contribution in [0.15, 0.2) is 49.0 Å². The number of alkyl halides is 3. The molecular weight excluding hydrogens is 487 g/mol. The maximum atomic E-state index is 12.9. The van der Waals surface area contributed by atoms with Gasteiger partial charge in [0, 0.05) is 30.9 Å². The highest BCUT2D eigenvalue weighted by Crippen LogP contribution is 2.37. The highest BCUT2D eigenvalue weighted by Gasteiger charge is 2.36. The van der Waals surface area contributed by atoms with Gasteiger partial charge in [0.2, 0.25) is 12.7 Å². The summed E-state index contributed by atoms with van der Waals surface area (Å²) in [6.07, 6.45) is -0.252. The smallest absolute Gasteiger partial charge is 0.416 e. The number of likely N-dealkylation sites (tertiary alicyclic amines) is 1. The second kappa shape index (κ2) is 10.5. The van der Waals surface area contributed by atoms with Crippen LogP contribution in [0.4, 0.5) is 13.2 Å². The molecule has 1 amide bonds. The molecule has 0 atom stereocenters. The minimum absolute atomic E-state index is 0.0477. The molecule has 0 unspecified atom stereocenters. The third-order valence-corrected chi connectivity index (χ3v) is 7.08. The number of ether oxygens (including phenoxy) is 3. The Labute approximate surface area is 213 Å². The lowest BCUT2D eigenvalue weighted by atomic mass is 9.89. The maximum absolute atomic E-state index is 12.9. The molecule has 2 aliphatic heterocycles. The normalized spacial score (nSPS) is 21.7. The average Bonchev–Trinajstić information content (AvgIpc) is 3.33. The van der Waals surface area contributed by atoms with Crippen molar-refractivity contribution >= 4 is 11.6 Å². The van der Waals surface area contributed by atoms with Crippen LogP contribution in [0.5, 0.6) is 17.2 Å². The van der Waals surface area contributed by atoms with Crippen LogP contribution in [0.2, 0.25) is 0 Å². The van der Waals surface area contributed by atoms with Crippen LogP contribution in [0.25, 0.3) is 5.70 Å². The van der Waals surface area contributed by atoms with Gasteiger partial charge in [-0.25, -0.2) is 0 Å². The summed E-state index contributed by atoms with van der Waals surface area (Å²) >= 11 is 0. The molecule has 2 fully saturated rings. The highest BCUT2D eigenvalue weighted by molar-refractivity contribution is 5.80. The summed E-state index contributed by atoms with van der Waals surface area (Å²) in [6.45, 7) is 5.54. The number of nitrogens with zero attached hydrogens (tertiary/aromatic N) is 1. The standard InChI is InChI=1S/C27H30F3N3O4/c1-17(18-3-2-4-19(11-18)27(28,29)30)31-13-26(34)32-20-14-33(15-20)21-5-7-22(8-6-21)37-23-9-10-24-25(12-23)36-16-35-24/h2-4,9-12,20-22,31H,1,5-8,13-16H2,(H,32,34)/t21-,22+. The molecule has 7 nitrogen and oxygen atoms in total. The van der Waals surface area contributed by atoms with Gasteiger partial charge in [0.05, 0.1) is 24.3 Å². The van der Waals surface area contributed by atoms with Crippen LogP contribution >= 0.6 is 0 Å². The molecule has 0 radical (unpaired) electrons. The minimum Gasteiger partial charge on any atom is -0.490 e. The van der Waals surface area contributed by atoms with Gasteiger partial charge in [-0.3, -0.25) is 9.69 Å². The lowest BCUT2D eigenvalue weighted by Gasteiger charge is -2.46. The van der Waals surface area contributed by atoms with Crippen molar-refractivity contribution in [2.75, 3.05) is 26.4 Å². The molecule has 198 valence electrons. The van der Waals surface area contributed by atoms with Crippen molar-refractivity contribution in [3.8, 4) is 17.2 Å². The van der Waals surface area contributed by atoms with Gasteiger partial charge in [0.1, 0.15) is 5.75 Å². The van der Waals surface area contributed by atoms with Gasteiger partial charge >= 0.3 is 6.18 Å². The minimum atomic E-state index is -4.43. The van der Waals surface area contributed by atoms with Gasteiger partial charge in [-0.15, -0.1) is 0 Å². The number of rotatable bonds is 8. The number of carbonyl (C=O) groups excluding carboxylic acids is 1. The summed E-state index contributed by atoms with van der Waals surface area (Å²) in [5.41, 5.74) is -0.174. The summed E-state index contributed by atoms with van der Waals surface area (Å²) in [5, 5.41) is 5.81. The van der Waals surface area contributed by atoms with Crippen molar-refractivity contribution in [2.45, 2.75) is 50.0 Å². The molecule has 1 aliphatic carbocycles. The van der Waals surface area contributed by atoms with Crippen LogP contribution < -0.4 is 24.8 Å². The van der Waals surface area contributed by atoms with Crippen LogP contribution in [0.1, 0.15) is 36.8 Å². The molecule has 1 saturated carbocycles. The summed E-state index contributed by atoms with van der Waals surface area (Å²) in [6, 6.07) is 11.1. The van der Waals surface area contributed by atoms with Gasteiger partial charge in [-0.05, 0) is 55.5 Å². The Morgan fingerprint density at radius 3 is 2.57 bits per heavy atom. The second-order valence-electron chi connectivity index (χ2n) is 9.69. The molecule has 5 rings (SSSR count). The molecule has 2 N–H and O–H groups in total. The Bertz CT molecular complexity index is 1140. The molecule has 0 bridgehead atoms. The van der Waals surface area contributed by atoms with Gasteiger partial charge in [-0.1, -0.05) is 18.7 Å². The molecule has 10 heteroatoms. The summed E-state index contributed by atoms with van der Waals surface area (Å²) < 4.78 is 55.7. The first-order chi connectivity index (χ1) is 17.7. The van der Waals surface area contributed by atoms with Crippen molar-refractivity contribution in [3.05, 3.63) is 60.2 Å². The van der Waals surface area contributed by atoms with Crippen molar-refractivity contribution in [1.29, 1.82) is 0 Å². The van der Waals surface area contributed by atoms with E-state index in [0.29, 0.717) is 11.6 Å². The SMILES string of the molecule is C=C(NCC(=O)NC1CN([C@H]2CC[C@@H](Oc3ccc4c(c3)OCO4)CC2)C1)c1cccc(C(F)(F)F)c1. The molecule has 2 aromatic rings. The van der Waals surface area contributed by atoms with E-state index in [1.165, 1.54) is 12.1 Å². The van der Waals surface area contributed by atoms with Gasteiger partial charge in [0.25, 0.3) is 0 Å². The van der Waals surface area contributed by atoms with Gasteiger partial charge in [0.15, 0.2) is 11.5 Å². The van der Waals surface area contributed by atoms with E-state index < -0.39 is 11.7 Å². The molecule has 0 spiro atoms. The summed E-state index contributed by atoms with van der Waals surface area (Å²) in [5.74, 6) is 2.05. The Morgan fingerprint density at radius 2 is 1.81 bits per heavy atom. The Kier molecular flexibility index (Phi) is 7.19. The van der Waals surface area contributed by atoms with Gasteiger partial charge in [-0.2, -0.15) is 13.2 Å². The zero-order valence-corrected chi connectivity index (χ0v) is 20.4. The van der Waals surface area contributed by atoms with E-state index >= 15 is 0 Å². The van der Waals surface area contributed by atoms with E-state index in [-0.39, 0.29) is 37.1 Å². The largest absolute Gasteiger partial charge is 0.490 e. The third-order valence-electron chi connectivity index (χ3n) is 7.08. The third kappa shape index (κ3) is 6.12. The molecule has 2 heterocycles. The fourth-order valence-electron chi connectivity index (χ4n) is 5.02. The van der Waals surface area contributed by atoms with Gasteiger partial charge < -0.3 is 24.8 Å². The van der Waals surface area contributed by atoms with E-state index in [4.69, 9.17) is 14.2 Å². The molecule has 1 saturated heterocycles. The highest BCUT2D eigenvalue weighted by atomic mass is 19.4. The molecule has 0 aromatic heterocycles. The fourth-order valence-corrected chi connectivity index (χ4v) is 5.02. The Balaban J connectivity index is 0.991. The van der Waals surface area contributed by atoms with E-state index in [2.05, 4.69) is 22.1 Å². The van der Waals surface area contributed by atoms with Crippen LogP contribution in [0, 0.1) is 0 Å².